The Bertz CT molecular complexity index is 1280. The predicted molar refractivity (Wildman–Crippen MR) is 123 cm³/mol. The summed E-state index contributed by atoms with van der Waals surface area (Å²) in [5.74, 6) is 0. The molecular weight excluding hydrogens is 414 g/mol. The highest BCUT2D eigenvalue weighted by atomic mass is 32.2. The topological polar surface area (TPSA) is 48.3 Å². The lowest BCUT2D eigenvalue weighted by molar-refractivity contribution is 0.184. The van der Waals surface area contributed by atoms with Gasteiger partial charge in [-0.3, -0.25) is 0 Å². The number of hydrogen-bond acceptors (Lipinski definition) is 4. The van der Waals surface area contributed by atoms with Gasteiger partial charge in [-0.2, -0.15) is 0 Å². The van der Waals surface area contributed by atoms with Crippen molar-refractivity contribution in [2.75, 3.05) is 13.4 Å². The van der Waals surface area contributed by atoms with Crippen molar-refractivity contribution in [3.8, 4) is 0 Å². The van der Waals surface area contributed by atoms with E-state index in [1.807, 2.05) is 42.7 Å². The first kappa shape index (κ1) is 20.7. The van der Waals surface area contributed by atoms with Crippen molar-refractivity contribution in [2.45, 2.75) is 22.9 Å². The number of aromatic nitrogens is 1. The Hall–Kier alpha value is -2.54. The molecule has 0 fully saturated rings. The fourth-order valence-electron chi connectivity index (χ4n) is 3.66. The van der Waals surface area contributed by atoms with E-state index in [0.717, 1.165) is 22.9 Å². The van der Waals surface area contributed by atoms with Crippen molar-refractivity contribution >= 4 is 32.7 Å². The van der Waals surface area contributed by atoms with Crippen LogP contribution in [0.4, 0.5) is 0 Å². The average molecular weight is 438 g/mol. The first-order valence-electron chi connectivity index (χ1n) is 9.59. The van der Waals surface area contributed by atoms with Gasteiger partial charge < -0.3 is 4.74 Å². The van der Waals surface area contributed by atoms with Crippen LogP contribution >= 0.6 is 11.8 Å². The van der Waals surface area contributed by atoms with Crippen LogP contribution in [0.25, 0.3) is 10.9 Å². The lowest BCUT2D eigenvalue weighted by Crippen LogP contribution is -2.13. The Morgan fingerprint density at radius 1 is 0.900 bits per heavy atom. The van der Waals surface area contributed by atoms with Gasteiger partial charge in [0, 0.05) is 12.5 Å². The lowest BCUT2D eigenvalue weighted by Gasteiger charge is -2.11. The van der Waals surface area contributed by atoms with E-state index in [0.29, 0.717) is 17.1 Å². The molecule has 0 aliphatic carbocycles. The van der Waals surface area contributed by atoms with Crippen molar-refractivity contribution in [1.29, 1.82) is 0 Å². The van der Waals surface area contributed by atoms with Gasteiger partial charge in [0.05, 0.1) is 22.0 Å². The van der Waals surface area contributed by atoms with Crippen molar-refractivity contribution in [2.24, 2.45) is 0 Å². The second kappa shape index (κ2) is 8.68. The van der Waals surface area contributed by atoms with Gasteiger partial charge in [-0.05, 0) is 59.7 Å². The number of ether oxygens (including phenoxy) is 1. The van der Waals surface area contributed by atoms with Gasteiger partial charge in [0.15, 0.2) is 0 Å². The van der Waals surface area contributed by atoms with Crippen molar-refractivity contribution < 1.29 is 13.2 Å². The molecule has 154 valence electrons. The van der Waals surface area contributed by atoms with Gasteiger partial charge in [0.25, 0.3) is 10.0 Å². The van der Waals surface area contributed by atoms with Crippen LogP contribution in [0.5, 0.6) is 0 Å². The van der Waals surface area contributed by atoms with Gasteiger partial charge in [0.1, 0.15) is 0 Å². The van der Waals surface area contributed by atoms with Crippen LogP contribution in [-0.2, 0) is 27.8 Å². The molecule has 0 saturated heterocycles. The molecule has 0 unspecified atom stereocenters. The summed E-state index contributed by atoms with van der Waals surface area (Å²) in [7, 11) is -1.97. The third-order valence-corrected chi connectivity index (χ3v) is 7.67. The summed E-state index contributed by atoms with van der Waals surface area (Å²) in [6.07, 6.45) is 2.66. The quantitative estimate of drug-likeness (QED) is 0.366. The zero-order chi connectivity index (χ0) is 21.1. The maximum absolute atomic E-state index is 13.3. The van der Waals surface area contributed by atoms with Crippen LogP contribution in [0, 0.1) is 0 Å². The van der Waals surface area contributed by atoms with E-state index in [4.69, 9.17) is 4.74 Å². The predicted octanol–water partition coefficient (Wildman–Crippen LogP) is 5.34. The second-order valence-corrected chi connectivity index (χ2v) is 9.65. The first-order valence-corrected chi connectivity index (χ1v) is 12.3. The van der Waals surface area contributed by atoms with Crippen LogP contribution in [0.15, 0.2) is 88.8 Å². The van der Waals surface area contributed by atoms with E-state index < -0.39 is 10.0 Å². The van der Waals surface area contributed by atoms with Gasteiger partial charge >= 0.3 is 0 Å². The summed E-state index contributed by atoms with van der Waals surface area (Å²) >= 11 is 1.43. The highest BCUT2D eigenvalue weighted by Crippen LogP contribution is 2.31. The van der Waals surface area contributed by atoms with Crippen LogP contribution in [0.3, 0.4) is 0 Å². The highest BCUT2D eigenvalue weighted by Gasteiger charge is 2.22. The smallest absolute Gasteiger partial charge is 0.269 e. The number of hydrogen-bond donors (Lipinski definition) is 0. The standard InChI is InChI=1S/C24H23NO3S2/c1-28-17-20-9-7-6-8-19(20)14-18-12-13-23-21(15-18)16-24(29-2)25(23)30(26,27)22-10-4-3-5-11-22/h3-13,15-16H,14,17H2,1-2H3. The molecule has 0 bridgehead atoms. The fraction of sp³-hybridized carbons (Fsp3) is 0.167. The van der Waals surface area contributed by atoms with Crippen LogP contribution in [0.2, 0.25) is 0 Å². The van der Waals surface area contributed by atoms with Gasteiger partial charge in [-0.15, -0.1) is 11.8 Å². The summed E-state index contributed by atoms with van der Waals surface area (Å²) in [4.78, 5) is 0.287. The molecule has 4 nitrogen and oxygen atoms in total. The van der Waals surface area contributed by atoms with E-state index in [1.165, 1.54) is 21.3 Å². The van der Waals surface area contributed by atoms with E-state index in [1.54, 1.807) is 31.4 Å². The Labute approximate surface area is 181 Å². The van der Waals surface area contributed by atoms with Crippen molar-refractivity contribution in [3.05, 3.63) is 95.6 Å². The minimum atomic E-state index is -3.67. The molecule has 0 radical (unpaired) electrons. The van der Waals surface area contributed by atoms with Gasteiger partial charge in [0.2, 0.25) is 0 Å². The molecule has 6 heteroatoms. The molecule has 0 N–H and O–H groups in total. The molecule has 0 aliphatic heterocycles. The summed E-state index contributed by atoms with van der Waals surface area (Å²) in [5.41, 5.74) is 4.19. The zero-order valence-electron chi connectivity index (χ0n) is 16.9. The fourth-order valence-corrected chi connectivity index (χ4v) is 6.11. The monoisotopic (exact) mass is 437 g/mol. The number of rotatable bonds is 7. The highest BCUT2D eigenvalue weighted by molar-refractivity contribution is 7.99. The number of benzene rings is 3. The molecule has 1 aromatic heterocycles. The maximum atomic E-state index is 13.3. The third-order valence-electron chi connectivity index (χ3n) is 5.09. The Kier molecular flexibility index (Phi) is 5.99. The van der Waals surface area contributed by atoms with E-state index in [2.05, 4.69) is 18.2 Å². The molecule has 30 heavy (non-hydrogen) atoms. The SMILES string of the molecule is COCc1ccccc1Cc1ccc2c(c1)cc(SC)n2S(=O)(=O)c1ccccc1. The third kappa shape index (κ3) is 3.90. The Balaban J connectivity index is 1.78. The van der Waals surface area contributed by atoms with Gasteiger partial charge in [-0.1, -0.05) is 48.5 Å². The molecule has 0 saturated carbocycles. The van der Waals surface area contributed by atoms with E-state index in [-0.39, 0.29) is 4.90 Å². The summed E-state index contributed by atoms with van der Waals surface area (Å²) in [5, 5.41) is 1.62. The number of thioether (sulfide) groups is 1. The minimum Gasteiger partial charge on any atom is -0.380 e. The lowest BCUT2D eigenvalue weighted by atomic mass is 9.99. The molecule has 4 rings (SSSR count). The summed E-state index contributed by atoms with van der Waals surface area (Å²) < 4.78 is 33.4. The Morgan fingerprint density at radius 2 is 1.60 bits per heavy atom. The Morgan fingerprint density at radius 3 is 2.30 bits per heavy atom. The number of nitrogens with zero attached hydrogens (tertiary/aromatic N) is 1. The molecule has 3 aromatic carbocycles. The first-order chi connectivity index (χ1) is 14.5. The zero-order valence-corrected chi connectivity index (χ0v) is 18.5. The number of methoxy groups -OCH3 is 1. The van der Waals surface area contributed by atoms with Crippen LogP contribution in [-0.4, -0.2) is 25.8 Å². The molecular formula is C24H23NO3S2. The summed E-state index contributed by atoms with van der Waals surface area (Å²) in [6.45, 7) is 0.570. The van der Waals surface area contributed by atoms with Crippen LogP contribution < -0.4 is 0 Å². The molecule has 4 aromatic rings. The van der Waals surface area contributed by atoms with Crippen molar-refractivity contribution in [3.63, 3.8) is 0 Å². The normalized spacial score (nSPS) is 11.8. The average Bonchev–Trinajstić information content (AvgIpc) is 3.14. The maximum Gasteiger partial charge on any atom is 0.269 e. The molecule has 0 spiro atoms. The van der Waals surface area contributed by atoms with Crippen molar-refractivity contribution in [1.82, 2.24) is 3.97 Å². The van der Waals surface area contributed by atoms with Crippen LogP contribution in [0.1, 0.15) is 16.7 Å². The second-order valence-electron chi connectivity index (χ2n) is 7.04. The molecule has 0 atom stereocenters. The molecule has 0 aliphatic rings. The molecule has 1 heterocycles. The van der Waals surface area contributed by atoms with E-state index in [9.17, 15) is 8.42 Å². The number of fused-ring (bicyclic) bond motifs is 1. The van der Waals surface area contributed by atoms with E-state index >= 15 is 0 Å². The van der Waals surface area contributed by atoms with Gasteiger partial charge in [-0.25, -0.2) is 12.4 Å². The molecule has 0 amide bonds. The summed E-state index contributed by atoms with van der Waals surface area (Å²) in [6, 6.07) is 24.7. The minimum absolute atomic E-state index is 0.287. The largest absolute Gasteiger partial charge is 0.380 e.